The Hall–Kier alpha value is -3.28. The van der Waals surface area contributed by atoms with Gasteiger partial charge in [-0.2, -0.15) is 4.98 Å². The Labute approximate surface area is 153 Å². The van der Waals surface area contributed by atoms with Crippen molar-refractivity contribution in [2.45, 2.75) is 13.5 Å². The zero-order valence-corrected chi connectivity index (χ0v) is 15.1. The van der Waals surface area contributed by atoms with E-state index in [1.807, 2.05) is 61.5 Å². The normalized spacial score (nSPS) is 10.3. The molecule has 2 N–H and O–H groups in total. The van der Waals surface area contributed by atoms with Crippen LogP contribution in [0.1, 0.15) is 11.3 Å². The maximum atomic E-state index is 5.38. The van der Waals surface area contributed by atoms with E-state index in [0.29, 0.717) is 12.5 Å². The average Bonchev–Trinajstić information content (AvgIpc) is 2.67. The third kappa shape index (κ3) is 4.42. The van der Waals surface area contributed by atoms with Crippen LogP contribution in [0.4, 0.5) is 17.5 Å². The zero-order valence-electron chi connectivity index (χ0n) is 15.1. The molecule has 6 heteroatoms. The molecule has 0 aliphatic carbocycles. The first-order valence-electron chi connectivity index (χ1n) is 8.30. The third-order valence-electron chi connectivity index (χ3n) is 3.85. The number of anilines is 3. The van der Waals surface area contributed by atoms with Crippen molar-refractivity contribution in [3.63, 3.8) is 0 Å². The summed E-state index contributed by atoms with van der Waals surface area (Å²) >= 11 is 0. The summed E-state index contributed by atoms with van der Waals surface area (Å²) in [7, 11) is 3.32. The fourth-order valence-corrected chi connectivity index (χ4v) is 2.55. The van der Waals surface area contributed by atoms with E-state index in [-0.39, 0.29) is 0 Å². The van der Waals surface area contributed by atoms with Gasteiger partial charge in [-0.3, -0.25) is 0 Å². The molecule has 2 aromatic carbocycles. The van der Waals surface area contributed by atoms with Crippen molar-refractivity contribution in [3.8, 4) is 11.5 Å². The van der Waals surface area contributed by atoms with E-state index in [1.54, 1.807) is 14.2 Å². The van der Waals surface area contributed by atoms with Crippen LogP contribution >= 0.6 is 0 Å². The van der Waals surface area contributed by atoms with Gasteiger partial charge in [0.05, 0.1) is 14.2 Å². The van der Waals surface area contributed by atoms with Crippen molar-refractivity contribution >= 4 is 17.5 Å². The molecule has 0 atom stereocenters. The monoisotopic (exact) mass is 350 g/mol. The Kier molecular flexibility index (Phi) is 5.53. The molecule has 1 aromatic heterocycles. The highest BCUT2D eigenvalue weighted by Crippen LogP contribution is 2.21. The van der Waals surface area contributed by atoms with Gasteiger partial charge in [0.1, 0.15) is 17.3 Å². The van der Waals surface area contributed by atoms with E-state index in [0.717, 1.165) is 34.3 Å². The van der Waals surface area contributed by atoms with E-state index in [1.165, 1.54) is 0 Å². The summed E-state index contributed by atoms with van der Waals surface area (Å²) < 4.78 is 10.6. The van der Waals surface area contributed by atoms with Crippen LogP contribution in [0.2, 0.25) is 0 Å². The van der Waals surface area contributed by atoms with E-state index in [9.17, 15) is 0 Å². The molecule has 0 saturated heterocycles. The molecule has 0 unspecified atom stereocenters. The van der Waals surface area contributed by atoms with Crippen molar-refractivity contribution in [3.05, 3.63) is 65.9 Å². The maximum absolute atomic E-state index is 5.38. The molecule has 0 amide bonds. The molecule has 134 valence electrons. The van der Waals surface area contributed by atoms with Gasteiger partial charge in [-0.05, 0) is 37.3 Å². The van der Waals surface area contributed by atoms with Gasteiger partial charge < -0.3 is 20.1 Å². The second-order valence-electron chi connectivity index (χ2n) is 5.74. The number of aromatic nitrogens is 2. The Morgan fingerprint density at radius 1 is 0.923 bits per heavy atom. The number of ether oxygens (including phenoxy) is 2. The number of aryl methyl sites for hydroxylation is 1. The molecule has 0 saturated carbocycles. The second kappa shape index (κ2) is 8.20. The number of nitrogens with zero attached hydrogens (tertiary/aromatic N) is 2. The number of para-hydroxylation sites is 1. The average molecular weight is 350 g/mol. The Morgan fingerprint density at radius 2 is 1.69 bits per heavy atom. The van der Waals surface area contributed by atoms with Gasteiger partial charge in [-0.25, -0.2) is 4.98 Å². The van der Waals surface area contributed by atoms with E-state index in [2.05, 4.69) is 20.6 Å². The number of benzene rings is 2. The fourth-order valence-electron chi connectivity index (χ4n) is 2.55. The van der Waals surface area contributed by atoms with Crippen molar-refractivity contribution in [2.75, 3.05) is 24.9 Å². The molecule has 0 aliphatic heterocycles. The lowest BCUT2D eigenvalue weighted by molar-refractivity contribution is 0.410. The van der Waals surface area contributed by atoms with Crippen molar-refractivity contribution in [1.29, 1.82) is 0 Å². The maximum Gasteiger partial charge on any atom is 0.229 e. The lowest BCUT2D eigenvalue weighted by Gasteiger charge is -2.12. The van der Waals surface area contributed by atoms with Gasteiger partial charge >= 0.3 is 0 Å². The van der Waals surface area contributed by atoms with Crippen LogP contribution in [-0.4, -0.2) is 24.2 Å². The summed E-state index contributed by atoms with van der Waals surface area (Å²) in [5, 5.41) is 6.54. The number of hydrogen-bond acceptors (Lipinski definition) is 6. The second-order valence-corrected chi connectivity index (χ2v) is 5.74. The minimum Gasteiger partial charge on any atom is -0.497 e. The molecule has 0 bridgehead atoms. The molecule has 0 spiro atoms. The third-order valence-corrected chi connectivity index (χ3v) is 3.85. The van der Waals surface area contributed by atoms with Crippen molar-refractivity contribution in [2.24, 2.45) is 0 Å². The topological polar surface area (TPSA) is 68.3 Å². The number of nitrogens with one attached hydrogen (secondary N) is 2. The van der Waals surface area contributed by atoms with Crippen LogP contribution in [-0.2, 0) is 6.54 Å². The van der Waals surface area contributed by atoms with Crippen LogP contribution in [0.15, 0.2) is 54.6 Å². The molecular weight excluding hydrogens is 328 g/mol. The molecule has 3 aromatic rings. The van der Waals surface area contributed by atoms with Gasteiger partial charge in [0, 0.05) is 29.6 Å². The summed E-state index contributed by atoms with van der Waals surface area (Å²) in [5.74, 6) is 2.94. The van der Waals surface area contributed by atoms with Crippen LogP contribution in [0.25, 0.3) is 0 Å². The Balaban J connectivity index is 1.72. The lowest BCUT2D eigenvalue weighted by Crippen LogP contribution is -2.06. The van der Waals surface area contributed by atoms with Crippen LogP contribution in [0, 0.1) is 6.92 Å². The number of rotatable bonds is 7. The summed E-state index contributed by atoms with van der Waals surface area (Å²) in [6.07, 6.45) is 0. The molecule has 0 fully saturated rings. The van der Waals surface area contributed by atoms with Crippen molar-refractivity contribution < 1.29 is 9.47 Å². The SMILES string of the molecule is COc1ccc(Nc2nc(C)cc(NCc3ccccc3OC)n2)cc1. The van der Waals surface area contributed by atoms with Crippen molar-refractivity contribution in [1.82, 2.24) is 9.97 Å². The van der Waals surface area contributed by atoms with E-state index in [4.69, 9.17) is 9.47 Å². The standard InChI is InChI=1S/C20H22N4O2/c1-14-12-19(21-13-15-6-4-5-7-18(15)26-3)24-20(22-14)23-16-8-10-17(25-2)11-9-16/h4-12H,13H2,1-3H3,(H2,21,22,23,24). The first-order valence-corrected chi connectivity index (χ1v) is 8.30. The van der Waals surface area contributed by atoms with E-state index < -0.39 is 0 Å². The van der Waals surface area contributed by atoms with Crippen LogP contribution < -0.4 is 20.1 Å². The summed E-state index contributed by atoms with van der Waals surface area (Å²) in [5.41, 5.74) is 2.83. The highest BCUT2D eigenvalue weighted by Gasteiger charge is 2.05. The van der Waals surface area contributed by atoms with Gasteiger partial charge in [0.25, 0.3) is 0 Å². The smallest absolute Gasteiger partial charge is 0.229 e. The van der Waals surface area contributed by atoms with Crippen LogP contribution in [0.5, 0.6) is 11.5 Å². The first-order chi connectivity index (χ1) is 12.7. The highest BCUT2D eigenvalue weighted by molar-refractivity contribution is 5.56. The number of hydrogen-bond donors (Lipinski definition) is 2. The number of methoxy groups -OCH3 is 2. The van der Waals surface area contributed by atoms with Gasteiger partial charge in [-0.15, -0.1) is 0 Å². The predicted octanol–water partition coefficient (Wildman–Crippen LogP) is 4.16. The summed E-state index contributed by atoms with van der Waals surface area (Å²) in [6, 6.07) is 17.4. The Bertz CT molecular complexity index is 866. The van der Waals surface area contributed by atoms with Crippen LogP contribution in [0.3, 0.4) is 0 Å². The molecule has 26 heavy (non-hydrogen) atoms. The fraction of sp³-hybridized carbons (Fsp3) is 0.200. The molecular formula is C20H22N4O2. The molecule has 3 rings (SSSR count). The predicted molar refractivity (Wildman–Crippen MR) is 103 cm³/mol. The summed E-state index contributed by atoms with van der Waals surface area (Å²) in [4.78, 5) is 8.98. The zero-order chi connectivity index (χ0) is 18.4. The first kappa shape index (κ1) is 17.5. The largest absolute Gasteiger partial charge is 0.497 e. The minimum absolute atomic E-state index is 0.540. The highest BCUT2D eigenvalue weighted by atomic mass is 16.5. The van der Waals surface area contributed by atoms with Gasteiger partial charge in [0.2, 0.25) is 5.95 Å². The molecule has 6 nitrogen and oxygen atoms in total. The van der Waals surface area contributed by atoms with Gasteiger partial charge in [0.15, 0.2) is 0 Å². The molecule has 0 radical (unpaired) electrons. The molecule has 1 heterocycles. The molecule has 0 aliphatic rings. The lowest BCUT2D eigenvalue weighted by atomic mass is 10.2. The Morgan fingerprint density at radius 3 is 2.42 bits per heavy atom. The van der Waals surface area contributed by atoms with Gasteiger partial charge in [-0.1, -0.05) is 18.2 Å². The minimum atomic E-state index is 0.540. The van der Waals surface area contributed by atoms with E-state index >= 15 is 0 Å². The summed E-state index contributed by atoms with van der Waals surface area (Å²) in [6.45, 7) is 2.55. The quantitative estimate of drug-likeness (QED) is 0.667.